The lowest BCUT2D eigenvalue weighted by Gasteiger charge is -1.98. The molecular weight excluding hydrogens is 232 g/mol. The van der Waals surface area contributed by atoms with Gasteiger partial charge in [0.1, 0.15) is 6.29 Å². The molecule has 0 rings (SSSR count). The van der Waals surface area contributed by atoms with Crippen molar-refractivity contribution in [3.8, 4) is 0 Å². The molecule has 0 bridgehead atoms. The number of hydrogen-bond acceptors (Lipinski definition) is 1. The Labute approximate surface area is 120 Å². The molecule has 19 heavy (non-hydrogen) atoms. The average molecular weight is 266 g/mol. The molecule has 0 aliphatic carbocycles. The predicted octanol–water partition coefficient (Wildman–Crippen LogP) is 6.22. The monoisotopic (exact) mass is 266 g/mol. The zero-order valence-electron chi connectivity index (χ0n) is 13.0. The summed E-state index contributed by atoms with van der Waals surface area (Å²) in [4.78, 5) is 10.1. The first kappa shape index (κ1) is 18.4. The molecule has 0 aromatic rings. The third kappa shape index (κ3) is 17.4. The van der Waals surface area contributed by atoms with E-state index in [4.69, 9.17) is 0 Å². The van der Waals surface area contributed by atoms with Crippen LogP contribution in [0.1, 0.15) is 96.8 Å². The minimum absolute atomic E-state index is 0.748. The Kier molecular flexibility index (Phi) is 16.9. The van der Waals surface area contributed by atoms with Gasteiger partial charge in [-0.1, -0.05) is 70.4 Å². The highest BCUT2D eigenvalue weighted by Crippen LogP contribution is 2.09. The van der Waals surface area contributed by atoms with E-state index in [1.807, 2.05) is 0 Å². The Bertz CT molecular complexity index is 196. The third-order valence-corrected chi connectivity index (χ3v) is 3.58. The molecule has 0 saturated heterocycles. The number of hydrogen-bond donors (Lipinski definition) is 0. The normalized spacial score (nSPS) is 11.2. The molecule has 0 unspecified atom stereocenters. The van der Waals surface area contributed by atoms with Crippen molar-refractivity contribution in [1.29, 1.82) is 0 Å². The molecule has 112 valence electrons. The minimum atomic E-state index is 0.748. The Morgan fingerprint density at radius 2 is 1.00 bits per heavy atom. The van der Waals surface area contributed by atoms with E-state index in [-0.39, 0.29) is 0 Å². The Morgan fingerprint density at radius 1 is 0.579 bits per heavy atom. The molecule has 0 aromatic carbocycles. The van der Waals surface area contributed by atoms with E-state index >= 15 is 0 Å². The van der Waals surface area contributed by atoms with Gasteiger partial charge in [-0.2, -0.15) is 0 Å². The van der Waals surface area contributed by atoms with Gasteiger partial charge in [0, 0.05) is 6.42 Å². The first-order valence-electron chi connectivity index (χ1n) is 8.50. The number of rotatable bonds is 15. The molecule has 1 nitrogen and oxygen atoms in total. The van der Waals surface area contributed by atoms with Crippen LogP contribution in [0.5, 0.6) is 0 Å². The van der Waals surface area contributed by atoms with Gasteiger partial charge in [0.15, 0.2) is 0 Å². The SMILES string of the molecule is CCCCCCCCC=CCCCCCCCC=O. The van der Waals surface area contributed by atoms with Crippen LogP contribution >= 0.6 is 0 Å². The van der Waals surface area contributed by atoms with Crippen molar-refractivity contribution >= 4 is 6.29 Å². The maximum Gasteiger partial charge on any atom is 0.119 e. The molecular formula is C18H34O. The van der Waals surface area contributed by atoms with Gasteiger partial charge >= 0.3 is 0 Å². The molecule has 0 fully saturated rings. The van der Waals surface area contributed by atoms with Crippen molar-refractivity contribution in [2.24, 2.45) is 0 Å². The maximum absolute atomic E-state index is 10.1. The van der Waals surface area contributed by atoms with Crippen LogP contribution in [-0.4, -0.2) is 6.29 Å². The molecule has 0 N–H and O–H groups in total. The molecule has 0 amide bonds. The fourth-order valence-electron chi connectivity index (χ4n) is 2.30. The molecule has 0 aromatic heterocycles. The number of unbranched alkanes of at least 4 members (excludes halogenated alkanes) is 12. The Hall–Kier alpha value is -0.590. The zero-order chi connectivity index (χ0) is 14.0. The molecule has 0 atom stereocenters. The second-order valence-electron chi connectivity index (χ2n) is 5.54. The van der Waals surface area contributed by atoms with Crippen molar-refractivity contribution in [2.75, 3.05) is 0 Å². The largest absolute Gasteiger partial charge is 0.303 e. The summed E-state index contributed by atoms with van der Waals surface area (Å²) in [5, 5.41) is 0. The summed E-state index contributed by atoms with van der Waals surface area (Å²) >= 11 is 0. The van der Waals surface area contributed by atoms with Crippen molar-refractivity contribution in [3.63, 3.8) is 0 Å². The summed E-state index contributed by atoms with van der Waals surface area (Å²) in [6.45, 7) is 2.27. The number of carbonyl (C=O) groups excluding carboxylic acids is 1. The fraction of sp³-hybridized carbons (Fsp3) is 0.833. The van der Waals surface area contributed by atoms with E-state index in [0.717, 1.165) is 19.1 Å². The van der Waals surface area contributed by atoms with E-state index in [1.54, 1.807) is 0 Å². The smallest absolute Gasteiger partial charge is 0.119 e. The first-order chi connectivity index (χ1) is 9.41. The summed E-state index contributed by atoms with van der Waals surface area (Å²) in [5.41, 5.74) is 0. The van der Waals surface area contributed by atoms with E-state index in [9.17, 15) is 4.79 Å². The van der Waals surface area contributed by atoms with Crippen LogP contribution in [0.4, 0.5) is 0 Å². The van der Waals surface area contributed by atoms with Gasteiger partial charge in [0.05, 0.1) is 0 Å². The van der Waals surface area contributed by atoms with Crippen LogP contribution in [0, 0.1) is 0 Å². The van der Waals surface area contributed by atoms with Crippen LogP contribution in [0.2, 0.25) is 0 Å². The molecule has 1 heteroatoms. The summed E-state index contributed by atoms with van der Waals surface area (Å²) in [6, 6.07) is 0. The van der Waals surface area contributed by atoms with Crippen molar-refractivity contribution in [3.05, 3.63) is 12.2 Å². The standard InChI is InChI=1S/C18H34O/c1-2-3-4-5-6-7-8-9-10-11-12-13-14-15-16-17-18-19/h9-10,18H,2-8,11-17H2,1H3. The highest BCUT2D eigenvalue weighted by Gasteiger charge is 1.90. The molecule has 0 spiro atoms. The molecule has 0 saturated carbocycles. The number of allylic oxidation sites excluding steroid dienone is 2. The second-order valence-corrected chi connectivity index (χ2v) is 5.54. The minimum Gasteiger partial charge on any atom is -0.303 e. The summed E-state index contributed by atoms with van der Waals surface area (Å²) in [5.74, 6) is 0. The molecule has 0 aliphatic rings. The van der Waals surface area contributed by atoms with E-state index in [2.05, 4.69) is 19.1 Å². The third-order valence-electron chi connectivity index (χ3n) is 3.58. The zero-order valence-corrected chi connectivity index (χ0v) is 13.0. The van der Waals surface area contributed by atoms with Gasteiger partial charge in [0.25, 0.3) is 0 Å². The number of carbonyl (C=O) groups is 1. The van der Waals surface area contributed by atoms with E-state index < -0.39 is 0 Å². The van der Waals surface area contributed by atoms with Gasteiger partial charge in [0.2, 0.25) is 0 Å². The lowest BCUT2D eigenvalue weighted by atomic mass is 10.1. The maximum atomic E-state index is 10.1. The fourth-order valence-corrected chi connectivity index (χ4v) is 2.30. The van der Waals surface area contributed by atoms with Crippen molar-refractivity contribution < 1.29 is 4.79 Å². The molecule has 0 heterocycles. The number of aldehydes is 1. The highest BCUT2D eigenvalue weighted by molar-refractivity contribution is 5.48. The summed E-state index contributed by atoms with van der Waals surface area (Å²) in [7, 11) is 0. The van der Waals surface area contributed by atoms with E-state index in [1.165, 1.54) is 77.0 Å². The van der Waals surface area contributed by atoms with Crippen LogP contribution < -0.4 is 0 Å². The van der Waals surface area contributed by atoms with Crippen LogP contribution in [-0.2, 0) is 4.79 Å². The van der Waals surface area contributed by atoms with Crippen molar-refractivity contribution in [1.82, 2.24) is 0 Å². The van der Waals surface area contributed by atoms with Crippen LogP contribution in [0.3, 0.4) is 0 Å². The average Bonchev–Trinajstić information content (AvgIpc) is 2.43. The topological polar surface area (TPSA) is 17.1 Å². The van der Waals surface area contributed by atoms with Gasteiger partial charge < -0.3 is 4.79 Å². The lowest BCUT2D eigenvalue weighted by molar-refractivity contribution is -0.107. The van der Waals surface area contributed by atoms with E-state index in [0.29, 0.717) is 0 Å². The predicted molar refractivity (Wildman–Crippen MR) is 85.5 cm³/mol. The highest BCUT2D eigenvalue weighted by atomic mass is 16.1. The van der Waals surface area contributed by atoms with Gasteiger partial charge in [-0.05, 0) is 32.1 Å². The summed E-state index contributed by atoms with van der Waals surface area (Å²) in [6.07, 6.45) is 23.6. The van der Waals surface area contributed by atoms with Gasteiger partial charge in [-0.25, -0.2) is 0 Å². The van der Waals surface area contributed by atoms with Gasteiger partial charge in [-0.3, -0.25) is 0 Å². The second kappa shape index (κ2) is 17.4. The Morgan fingerprint density at radius 3 is 1.47 bits per heavy atom. The lowest BCUT2D eigenvalue weighted by Crippen LogP contribution is -1.80. The van der Waals surface area contributed by atoms with Gasteiger partial charge in [-0.15, -0.1) is 0 Å². The quantitative estimate of drug-likeness (QED) is 0.195. The van der Waals surface area contributed by atoms with Crippen molar-refractivity contribution in [2.45, 2.75) is 96.8 Å². The van der Waals surface area contributed by atoms with Crippen LogP contribution in [0.15, 0.2) is 12.2 Å². The molecule has 0 aliphatic heterocycles. The summed E-state index contributed by atoms with van der Waals surface area (Å²) < 4.78 is 0. The van der Waals surface area contributed by atoms with Crippen LogP contribution in [0.25, 0.3) is 0 Å². The molecule has 0 radical (unpaired) electrons. The Balaban J connectivity index is 3.03. The first-order valence-corrected chi connectivity index (χ1v) is 8.50.